The zero-order chi connectivity index (χ0) is 6.69. The molecule has 0 saturated carbocycles. The van der Waals surface area contributed by atoms with Crippen molar-refractivity contribution in [2.45, 2.75) is 0 Å². The van der Waals surface area contributed by atoms with E-state index in [1.165, 1.54) is 0 Å². The minimum Gasteiger partial charge on any atom is -0.477 e. The third-order valence-corrected chi connectivity index (χ3v) is 7.15. The first kappa shape index (κ1) is 7.52. The van der Waals surface area contributed by atoms with Crippen molar-refractivity contribution >= 4 is 55.0 Å². The molecular formula is C5H4I2O2. The molecule has 0 aliphatic carbocycles. The molecule has 0 aromatic heterocycles. The van der Waals surface area contributed by atoms with E-state index in [1.54, 1.807) is 0 Å². The van der Waals surface area contributed by atoms with Gasteiger partial charge in [-0.15, -0.1) is 0 Å². The number of carboxylic acid groups (broad SMARTS) is 1. The van der Waals surface area contributed by atoms with E-state index in [2.05, 4.69) is 4.08 Å². The summed E-state index contributed by atoms with van der Waals surface area (Å²) in [6.45, 7) is 0. The van der Waals surface area contributed by atoms with Crippen molar-refractivity contribution in [2.75, 3.05) is 0 Å². The van der Waals surface area contributed by atoms with Gasteiger partial charge < -0.3 is 5.11 Å². The molecule has 0 saturated heterocycles. The van der Waals surface area contributed by atoms with Gasteiger partial charge in [0.2, 0.25) is 0 Å². The molecule has 1 rings (SSSR count). The van der Waals surface area contributed by atoms with Gasteiger partial charge in [0, 0.05) is 0 Å². The number of rotatable bonds is 1. The monoisotopic (exact) mass is 350 g/mol. The number of halogens is 2. The van der Waals surface area contributed by atoms with Crippen molar-refractivity contribution in [3.05, 3.63) is 8.17 Å². The third kappa shape index (κ3) is 2.24. The van der Waals surface area contributed by atoms with Crippen molar-refractivity contribution in [1.29, 1.82) is 0 Å². The quantitative estimate of drug-likeness (QED) is 0.728. The maximum absolute atomic E-state index is 10.3. The van der Waals surface area contributed by atoms with Crippen molar-refractivity contribution in [3.63, 3.8) is 0 Å². The lowest BCUT2D eigenvalue weighted by Crippen LogP contribution is -2.10. The van der Waals surface area contributed by atoms with Crippen LogP contribution in [-0.2, 0) is 4.79 Å². The maximum atomic E-state index is 10.3. The van der Waals surface area contributed by atoms with Crippen LogP contribution >= 0.6 is 41.5 Å². The molecule has 2 nitrogen and oxygen atoms in total. The van der Waals surface area contributed by atoms with Gasteiger partial charge in [0.1, 0.15) is 0 Å². The average molecular weight is 350 g/mol. The lowest BCUT2D eigenvalue weighted by molar-refractivity contribution is -0.128. The van der Waals surface area contributed by atoms with Crippen LogP contribution in [0.25, 0.3) is 0 Å². The highest BCUT2D eigenvalue weighted by atomic mass is 127. The summed E-state index contributed by atoms with van der Waals surface area (Å²) in [4.78, 5) is 10.3. The van der Waals surface area contributed by atoms with E-state index in [4.69, 9.17) is 5.11 Å². The molecule has 4 heteroatoms. The normalized spacial score (nSPS) is 17.1. The second-order valence-corrected chi connectivity index (χ2v) is 5.81. The third-order valence-electron chi connectivity index (χ3n) is 0.664. The van der Waals surface area contributed by atoms with Crippen LogP contribution in [0, 0.1) is 0 Å². The summed E-state index contributed by atoms with van der Waals surface area (Å²) in [5, 5.41) is 8.48. The van der Waals surface area contributed by atoms with Gasteiger partial charge in [-0.1, -0.05) is 41.5 Å². The molecule has 1 aliphatic rings. The second-order valence-electron chi connectivity index (χ2n) is 1.25. The summed E-state index contributed by atoms with van der Waals surface area (Å²) in [6.07, 6.45) is 0. The Morgan fingerprint density at radius 3 is 2.67 bits per heavy atom. The molecule has 0 unspecified atom stereocenters. The first-order chi connectivity index (χ1) is 4.30. The Balaban J connectivity index is 2.84. The lowest BCUT2D eigenvalue weighted by Gasteiger charge is -1.91. The van der Waals surface area contributed by atoms with E-state index < -0.39 is 5.97 Å². The van der Waals surface area contributed by atoms with Gasteiger partial charge in [0.15, 0.2) is 0 Å². The minimum absolute atomic E-state index is 0.0550. The van der Waals surface area contributed by atoms with Crippen LogP contribution in [0.4, 0.5) is 0 Å². The molecule has 0 amide bonds. The van der Waals surface area contributed by atoms with E-state index in [0.29, 0.717) is 3.51 Å². The van der Waals surface area contributed by atoms with Crippen molar-refractivity contribution in [2.24, 2.45) is 0 Å². The Bertz CT molecular complexity index is 215. The smallest absolute Gasteiger partial charge is 0.341 e. The van der Waals surface area contributed by atoms with Crippen LogP contribution in [0.2, 0.25) is 0 Å². The Labute approximate surface area is 72.5 Å². The highest BCUT2D eigenvalue weighted by Gasteiger charge is 2.02. The van der Waals surface area contributed by atoms with Crippen LogP contribution in [0.3, 0.4) is 0 Å². The van der Waals surface area contributed by atoms with E-state index in [-0.39, 0.29) is 41.5 Å². The SMILES string of the molecule is O=C(O)C1=IC=CI=C1. The van der Waals surface area contributed by atoms with Gasteiger partial charge in [0.05, 0.1) is 3.51 Å². The number of hydrogen-bond acceptors (Lipinski definition) is 1. The summed E-state index contributed by atoms with van der Waals surface area (Å²) in [5.41, 5.74) is 0. The molecule has 0 bridgehead atoms. The minimum atomic E-state index is -0.716. The van der Waals surface area contributed by atoms with Gasteiger partial charge in [-0.25, -0.2) is 4.79 Å². The molecule has 1 N–H and O–H groups in total. The zero-order valence-corrected chi connectivity index (χ0v) is 8.66. The molecule has 0 spiro atoms. The van der Waals surface area contributed by atoms with E-state index >= 15 is 0 Å². The fourth-order valence-electron chi connectivity index (χ4n) is 0.328. The topological polar surface area (TPSA) is 37.3 Å². The van der Waals surface area contributed by atoms with Crippen molar-refractivity contribution in [1.82, 2.24) is 0 Å². The van der Waals surface area contributed by atoms with Gasteiger partial charge >= 0.3 is 5.97 Å². The predicted molar refractivity (Wildman–Crippen MR) is 55.9 cm³/mol. The fourth-order valence-corrected chi connectivity index (χ4v) is 5.99. The predicted octanol–water partition coefficient (Wildman–Crippen LogP) is 1.47. The van der Waals surface area contributed by atoms with Crippen LogP contribution < -0.4 is 0 Å². The number of carboxylic acids is 1. The Morgan fingerprint density at radius 2 is 2.33 bits per heavy atom. The summed E-state index contributed by atoms with van der Waals surface area (Å²) in [5.74, 6) is -0.716. The first-order valence-corrected chi connectivity index (χ1v) is 6.96. The summed E-state index contributed by atoms with van der Waals surface area (Å²) in [6, 6.07) is 0. The Morgan fingerprint density at radius 1 is 1.56 bits per heavy atom. The standard InChI is InChI=1S/C5H4I2O2/c8-5(9)4-3-6-1-2-7-4/h1-3H,(H,8,9). The molecule has 0 aromatic rings. The van der Waals surface area contributed by atoms with Gasteiger partial charge in [-0.3, -0.25) is 0 Å². The molecular weight excluding hydrogens is 346 g/mol. The van der Waals surface area contributed by atoms with Crippen molar-refractivity contribution < 1.29 is 9.90 Å². The Kier molecular flexibility index (Phi) is 2.96. The molecule has 50 valence electrons. The fraction of sp³-hybridized carbons (Fsp3) is 0. The molecule has 1 heterocycles. The van der Waals surface area contributed by atoms with Crippen molar-refractivity contribution in [3.8, 4) is 0 Å². The largest absolute Gasteiger partial charge is 0.477 e. The summed E-state index contributed by atoms with van der Waals surface area (Å²) < 4.78 is 6.73. The molecule has 0 atom stereocenters. The average Bonchev–Trinajstić information content (AvgIpc) is 1.90. The van der Waals surface area contributed by atoms with Crippen LogP contribution in [0.15, 0.2) is 8.17 Å². The Hall–Kier alpha value is 0.410. The van der Waals surface area contributed by atoms with Gasteiger partial charge in [-0.2, -0.15) is 0 Å². The van der Waals surface area contributed by atoms with E-state index in [9.17, 15) is 4.79 Å². The van der Waals surface area contributed by atoms with Crippen LogP contribution in [0.1, 0.15) is 0 Å². The maximum Gasteiger partial charge on any atom is 0.341 e. The molecule has 0 radical (unpaired) electrons. The van der Waals surface area contributed by atoms with Gasteiger partial charge in [-0.05, 0) is 12.2 Å². The number of carbonyl (C=O) groups is 1. The molecule has 1 aliphatic heterocycles. The molecule has 9 heavy (non-hydrogen) atoms. The summed E-state index contributed by atoms with van der Waals surface area (Å²) in [7, 11) is 0. The van der Waals surface area contributed by atoms with Crippen LogP contribution in [-0.4, -0.2) is 18.6 Å². The molecule has 0 aromatic carbocycles. The highest BCUT2D eigenvalue weighted by Crippen LogP contribution is 2.13. The first-order valence-electron chi connectivity index (χ1n) is 2.14. The zero-order valence-electron chi connectivity index (χ0n) is 4.34. The number of aliphatic carboxylic acids is 1. The van der Waals surface area contributed by atoms with E-state index in [0.717, 1.165) is 0 Å². The molecule has 0 fully saturated rings. The van der Waals surface area contributed by atoms with Gasteiger partial charge in [0.25, 0.3) is 0 Å². The second kappa shape index (κ2) is 3.55. The highest BCUT2D eigenvalue weighted by molar-refractivity contribution is 14.2. The van der Waals surface area contributed by atoms with E-state index in [1.807, 2.05) is 8.09 Å². The number of hydrogen-bond donors (Lipinski definition) is 1. The summed E-state index contributed by atoms with van der Waals surface area (Å²) >= 11 is -0.338. The lowest BCUT2D eigenvalue weighted by atomic mass is 10.5. The van der Waals surface area contributed by atoms with Crippen LogP contribution in [0.5, 0.6) is 0 Å².